The molecule has 1 aromatic heterocycles. The lowest BCUT2D eigenvalue weighted by molar-refractivity contribution is -0.136. The Labute approximate surface area is 141 Å². The molecular formula is C16H23ClN4O2. The Morgan fingerprint density at radius 1 is 1.39 bits per heavy atom. The summed E-state index contributed by atoms with van der Waals surface area (Å²) in [6.45, 7) is 2.72. The number of H-pyrrole nitrogens is 1. The smallest absolute Gasteiger partial charge is 0.326 e. The number of hydrogen-bond donors (Lipinski definition) is 2. The molecule has 2 heterocycles. The highest BCUT2D eigenvalue weighted by atomic mass is 35.5. The zero-order valence-electron chi connectivity index (χ0n) is 13.2. The molecule has 0 saturated carbocycles. The van der Waals surface area contributed by atoms with Gasteiger partial charge in [-0.1, -0.05) is 12.1 Å². The van der Waals surface area contributed by atoms with E-state index in [4.69, 9.17) is 5.73 Å². The Balaban J connectivity index is 0.00000192. The number of benzene rings is 1. The van der Waals surface area contributed by atoms with Gasteiger partial charge in [-0.15, -0.1) is 12.4 Å². The summed E-state index contributed by atoms with van der Waals surface area (Å²) in [5, 5.41) is 0. The molecule has 3 N–H and O–H groups in total. The summed E-state index contributed by atoms with van der Waals surface area (Å²) in [5.74, 6) is -0.0335. The molecule has 1 aliphatic heterocycles. The zero-order valence-corrected chi connectivity index (χ0v) is 14.0. The largest absolute Gasteiger partial charge is 0.337 e. The quantitative estimate of drug-likeness (QED) is 0.889. The molecule has 2 unspecified atom stereocenters. The van der Waals surface area contributed by atoms with E-state index in [2.05, 4.69) is 4.98 Å². The average molecular weight is 339 g/mol. The Morgan fingerprint density at radius 2 is 2.13 bits per heavy atom. The van der Waals surface area contributed by atoms with Crippen molar-refractivity contribution >= 4 is 29.3 Å². The second-order valence-electron chi connectivity index (χ2n) is 6.04. The molecule has 0 radical (unpaired) electrons. The maximum Gasteiger partial charge on any atom is 0.326 e. The van der Waals surface area contributed by atoms with Crippen LogP contribution in [0.1, 0.15) is 26.2 Å². The summed E-state index contributed by atoms with van der Waals surface area (Å²) in [7, 11) is 0. The summed E-state index contributed by atoms with van der Waals surface area (Å²) in [5.41, 5.74) is 7.29. The summed E-state index contributed by atoms with van der Waals surface area (Å²) < 4.78 is 1.50. The van der Waals surface area contributed by atoms with Gasteiger partial charge >= 0.3 is 5.69 Å². The third kappa shape index (κ3) is 3.43. The number of imidazole rings is 1. The van der Waals surface area contributed by atoms with Crippen molar-refractivity contribution in [2.24, 2.45) is 5.73 Å². The number of aromatic amines is 1. The first-order chi connectivity index (χ1) is 10.6. The number of fused-ring (bicyclic) bond motifs is 1. The van der Waals surface area contributed by atoms with E-state index in [0.717, 1.165) is 36.8 Å². The van der Waals surface area contributed by atoms with Gasteiger partial charge in [0.2, 0.25) is 5.91 Å². The van der Waals surface area contributed by atoms with E-state index in [0.29, 0.717) is 0 Å². The summed E-state index contributed by atoms with van der Waals surface area (Å²) in [6.07, 6.45) is 3.03. The summed E-state index contributed by atoms with van der Waals surface area (Å²) >= 11 is 0. The Bertz CT molecular complexity index is 737. The minimum atomic E-state index is -0.246. The van der Waals surface area contributed by atoms with E-state index in [9.17, 15) is 9.59 Å². The van der Waals surface area contributed by atoms with Crippen LogP contribution in [0.25, 0.3) is 11.0 Å². The van der Waals surface area contributed by atoms with Gasteiger partial charge in [0, 0.05) is 18.6 Å². The van der Waals surface area contributed by atoms with E-state index in [1.165, 1.54) is 4.57 Å². The van der Waals surface area contributed by atoms with Crippen LogP contribution >= 0.6 is 12.4 Å². The molecule has 1 amide bonds. The van der Waals surface area contributed by atoms with Crippen molar-refractivity contribution in [2.45, 2.75) is 44.8 Å². The lowest BCUT2D eigenvalue weighted by Gasteiger charge is -2.38. The normalized spacial score (nSPS) is 19.4. The topological polar surface area (TPSA) is 84.1 Å². The fraction of sp³-hybridized carbons (Fsp3) is 0.500. The third-order valence-electron chi connectivity index (χ3n) is 4.45. The molecule has 1 aromatic carbocycles. The number of amides is 1. The van der Waals surface area contributed by atoms with E-state index < -0.39 is 0 Å². The number of para-hydroxylation sites is 2. The van der Waals surface area contributed by atoms with Gasteiger partial charge in [0.25, 0.3) is 0 Å². The highest BCUT2D eigenvalue weighted by Gasteiger charge is 2.29. The molecule has 3 rings (SSSR count). The van der Waals surface area contributed by atoms with Crippen molar-refractivity contribution in [1.29, 1.82) is 0 Å². The molecule has 1 aliphatic rings. The Morgan fingerprint density at radius 3 is 2.87 bits per heavy atom. The van der Waals surface area contributed by atoms with E-state index in [-0.39, 0.29) is 42.6 Å². The lowest BCUT2D eigenvalue weighted by Crippen LogP contribution is -2.52. The molecule has 0 aliphatic carbocycles. The van der Waals surface area contributed by atoms with Crippen molar-refractivity contribution in [3.05, 3.63) is 34.7 Å². The van der Waals surface area contributed by atoms with Crippen LogP contribution in [0.2, 0.25) is 0 Å². The monoisotopic (exact) mass is 338 g/mol. The second kappa shape index (κ2) is 7.19. The molecular weight excluding hydrogens is 316 g/mol. The number of halogens is 1. The molecule has 1 fully saturated rings. The fourth-order valence-corrected chi connectivity index (χ4v) is 3.30. The molecule has 7 heteroatoms. The van der Waals surface area contributed by atoms with Gasteiger partial charge in [0.15, 0.2) is 0 Å². The van der Waals surface area contributed by atoms with Gasteiger partial charge in [-0.3, -0.25) is 9.36 Å². The van der Waals surface area contributed by atoms with Gasteiger partial charge < -0.3 is 15.6 Å². The van der Waals surface area contributed by atoms with Crippen LogP contribution in [0, 0.1) is 0 Å². The van der Waals surface area contributed by atoms with Crippen LogP contribution in [0.3, 0.4) is 0 Å². The number of nitrogens with two attached hydrogens (primary N) is 1. The van der Waals surface area contributed by atoms with Gasteiger partial charge in [-0.2, -0.15) is 0 Å². The first-order valence-corrected chi connectivity index (χ1v) is 7.80. The molecule has 2 aromatic rings. The molecule has 0 bridgehead atoms. The van der Waals surface area contributed by atoms with Gasteiger partial charge in [-0.05, 0) is 38.3 Å². The number of rotatable bonds is 3. The van der Waals surface area contributed by atoms with Crippen molar-refractivity contribution < 1.29 is 4.79 Å². The minimum Gasteiger partial charge on any atom is -0.337 e. The number of likely N-dealkylation sites (tertiary alicyclic amines) is 1. The standard InChI is InChI=1S/C16H22N4O2.ClH/c1-11(17)13-7-4-5-9-19(13)15(21)10-20-14-8-3-2-6-12(14)18-16(20)22;/h2-3,6,8,11,13H,4-5,7,9-10,17H2,1H3,(H,18,22);1H. The van der Waals surface area contributed by atoms with Crippen molar-refractivity contribution in [3.8, 4) is 0 Å². The predicted octanol–water partition coefficient (Wildman–Crippen LogP) is 1.48. The number of hydrogen-bond acceptors (Lipinski definition) is 3. The molecule has 2 atom stereocenters. The Hall–Kier alpha value is -1.79. The maximum atomic E-state index is 12.7. The van der Waals surface area contributed by atoms with Gasteiger partial charge in [-0.25, -0.2) is 4.79 Å². The van der Waals surface area contributed by atoms with Crippen LogP contribution in [-0.4, -0.2) is 39.0 Å². The summed E-state index contributed by atoms with van der Waals surface area (Å²) in [4.78, 5) is 29.4. The number of carbonyl (C=O) groups is 1. The van der Waals surface area contributed by atoms with E-state index in [1.54, 1.807) is 0 Å². The van der Waals surface area contributed by atoms with Crippen LogP contribution in [0.15, 0.2) is 29.1 Å². The third-order valence-corrected chi connectivity index (χ3v) is 4.45. The SMILES string of the molecule is CC(N)C1CCCCN1C(=O)Cn1c(=O)[nH]c2ccccc21.Cl. The number of aromatic nitrogens is 2. The average Bonchev–Trinajstić information content (AvgIpc) is 2.83. The summed E-state index contributed by atoms with van der Waals surface area (Å²) in [6, 6.07) is 7.43. The minimum absolute atomic E-state index is 0. The number of nitrogens with zero attached hydrogens (tertiary/aromatic N) is 2. The zero-order chi connectivity index (χ0) is 15.7. The number of piperidine rings is 1. The fourth-order valence-electron chi connectivity index (χ4n) is 3.30. The van der Waals surface area contributed by atoms with Gasteiger partial charge in [0.05, 0.1) is 11.0 Å². The van der Waals surface area contributed by atoms with Crippen molar-refractivity contribution in [1.82, 2.24) is 14.5 Å². The second-order valence-corrected chi connectivity index (χ2v) is 6.04. The maximum absolute atomic E-state index is 12.7. The Kier molecular flexibility index (Phi) is 5.49. The highest BCUT2D eigenvalue weighted by Crippen LogP contribution is 2.20. The van der Waals surface area contributed by atoms with E-state index >= 15 is 0 Å². The lowest BCUT2D eigenvalue weighted by atomic mass is 9.97. The highest BCUT2D eigenvalue weighted by molar-refractivity contribution is 5.85. The van der Waals surface area contributed by atoms with E-state index in [1.807, 2.05) is 36.1 Å². The molecule has 126 valence electrons. The van der Waals surface area contributed by atoms with Crippen LogP contribution < -0.4 is 11.4 Å². The van der Waals surface area contributed by atoms with Crippen molar-refractivity contribution in [3.63, 3.8) is 0 Å². The molecule has 1 saturated heterocycles. The van der Waals surface area contributed by atoms with Gasteiger partial charge in [0.1, 0.15) is 6.54 Å². The molecule has 0 spiro atoms. The molecule has 23 heavy (non-hydrogen) atoms. The number of nitrogens with one attached hydrogen (secondary N) is 1. The number of carbonyl (C=O) groups excluding carboxylic acids is 1. The van der Waals surface area contributed by atoms with Crippen LogP contribution in [0.5, 0.6) is 0 Å². The molecule has 6 nitrogen and oxygen atoms in total. The van der Waals surface area contributed by atoms with Crippen LogP contribution in [-0.2, 0) is 11.3 Å². The van der Waals surface area contributed by atoms with Crippen LogP contribution in [0.4, 0.5) is 0 Å². The van der Waals surface area contributed by atoms with Crippen molar-refractivity contribution in [2.75, 3.05) is 6.54 Å². The first kappa shape index (κ1) is 17.6. The predicted molar refractivity (Wildman–Crippen MR) is 92.8 cm³/mol. The first-order valence-electron chi connectivity index (χ1n) is 7.80.